The molecule has 3 N–H and O–H groups in total. The lowest BCUT2D eigenvalue weighted by atomic mass is 9.84. The fraction of sp³-hybridized carbons (Fsp3) is 0.917. The number of hydrogen-bond acceptors (Lipinski definition) is 2. The predicted molar refractivity (Wildman–Crippen MR) is 62.4 cm³/mol. The van der Waals surface area contributed by atoms with Gasteiger partial charge in [0.05, 0.1) is 0 Å². The number of nitrogens with two attached hydrogens (primary N) is 1. The molecule has 1 aliphatic carbocycles. The van der Waals surface area contributed by atoms with E-state index in [9.17, 15) is 4.79 Å². The van der Waals surface area contributed by atoms with Gasteiger partial charge in [0.15, 0.2) is 0 Å². The molecule has 1 fully saturated rings. The van der Waals surface area contributed by atoms with Gasteiger partial charge >= 0.3 is 0 Å². The van der Waals surface area contributed by atoms with Crippen molar-refractivity contribution in [2.45, 2.75) is 52.0 Å². The Balaban J connectivity index is 2.16. The number of carbonyl (C=O) groups excluding carboxylic acids is 1. The molecule has 0 aromatic rings. The zero-order valence-electron chi connectivity index (χ0n) is 9.96. The van der Waals surface area contributed by atoms with E-state index < -0.39 is 0 Å². The number of amides is 1. The Morgan fingerprint density at radius 3 is 2.47 bits per heavy atom. The van der Waals surface area contributed by atoms with Gasteiger partial charge in [-0.2, -0.15) is 0 Å². The Bertz CT molecular complexity index is 198. The Morgan fingerprint density at radius 2 is 2.00 bits per heavy atom. The quantitative estimate of drug-likeness (QED) is 0.728. The minimum Gasteiger partial charge on any atom is -0.369 e. The second kappa shape index (κ2) is 6.11. The predicted octanol–water partition coefficient (Wildman–Crippen LogP) is 1.67. The van der Waals surface area contributed by atoms with Crippen LogP contribution < -0.4 is 11.1 Å². The summed E-state index contributed by atoms with van der Waals surface area (Å²) in [4.78, 5) is 10.9. The summed E-state index contributed by atoms with van der Waals surface area (Å²) in [6, 6.07) is 0.606. The summed E-state index contributed by atoms with van der Waals surface area (Å²) in [6.07, 6.45) is 6.48. The van der Waals surface area contributed by atoms with E-state index in [1.165, 1.54) is 32.1 Å². The van der Waals surface area contributed by atoms with Crippen molar-refractivity contribution in [2.75, 3.05) is 6.54 Å². The third-order valence-electron chi connectivity index (χ3n) is 3.62. The van der Waals surface area contributed by atoms with E-state index in [1.807, 2.05) is 6.92 Å². The molecule has 1 aliphatic rings. The van der Waals surface area contributed by atoms with Crippen LogP contribution in [-0.2, 0) is 4.79 Å². The normalized spacial score (nSPS) is 28.7. The monoisotopic (exact) mass is 212 g/mol. The Hall–Kier alpha value is -0.570. The van der Waals surface area contributed by atoms with Crippen LogP contribution in [0.1, 0.15) is 46.0 Å². The van der Waals surface area contributed by atoms with Crippen molar-refractivity contribution >= 4 is 5.91 Å². The van der Waals surface area contributed by atoms with Crippen molar-refractivity contribution < 1.29 is 4.79 Å². The van der Waals surface area contributed by atoms with E-state index in [4.69, 9.17) is 5.73 Å². The van der Waals surface area contributed by atoms with Gasteiger partial charge in [-0.15, -0.1) is 0 Å². The van der Waals surface area contributed by atoms with Crippen LogP contribution in [0.15, 0.2) is 0 Å². The molecule has 1 unspecified atom stereocenters. The smallest absolute Gasteiger partial charge is 0.221 e. The van der Waals surface area contributed by atoms with Gasteiger partial charge < -0.3 is 11.1 Å². The summed E-state index contributed by atoms with van der Waals surface area (Å²) in [7, 11) is 0. The molecule has 0 bridgehead atoms. The van der Waals surface area contributed by atoms with E-state index in [2.05, 4.69) is 12.2 Å². The van der Waals surface area contributed by atoms with Crippen LogP contribution in [0.2, 0.25) is 0 Å². The minimum absolute atomic E-state index is 0.0473. The SMILES string of the molecule is CCC1CCC(NCC(C)C(N)=O)CC1. The van der Waals surface area contributed by atoms with Crippen molar-refractivity contribution in [3.63, 3.8) is 0 Å². The standard InChI is InChI=1S/C12H24N2O/c1-3-10-4-6-11(7-5-10)14-8-9(2)12(13)15/h9-11,14H,3-8H2,1-2H3,(H2,13,15). The summed E-state index contributed by atoms with van der Waals surface area (Å²) < 4.78 is 0. The van der Waals surface area contributed by atoms with Gasteiger partial charge in [-0.3, -0.25) is 4.79 Å². The zero-order chi connectivity index (χ0) is 11.3. The molecule has 0 saturated heterocycles. The average molecular weight is 212 g/mol. The minimum atomic E-state index is -0.204. The highest BCUT2D eigenvalue weighted by molar-refractivity contribution is 5.76. The van der Waals surface area contributed by atoms with Gasteiger partial charge in [-0.1, -0.05) is 20.3 Å². The highest BCUT2D eigenvalue weighted by Crippen LogP contribution is 2.26. The number of rotatable bonds is 5. The topological polar surface area (TPSA) is 55.1 Å². The van der Waals surface area contributed by atoms with Crippen LogP contribution in [0.5, 0.6) is 0 Å². The van der Waals surface area contributed by atoms with Crippen LogP contribution in [0.4, 0.5) is 0 Å². The largest absolute Gasteiger partial charge is 0.369 e. The maximum atomic E-state index is 10.9. The fourth-order valence-corrected chi connectivity index (χ4v) is 2.22. The maximum absolute atomic E-state index is 10.9. The molecular weight excluding hydrogens is 188 g/mol. The third kappa shape index (κ3) is 4.20. The molecule has 1 atom stereocenters. The van der Waals surface area contributed by atoms with Crippen LogP contribution in [0.3, 0.4) is 0 Å². The molecule has 88 valence electrons. The molecule has 1 amide bonds. The lowest BCUT2D eigenvalue weighted by Crippen LogP contribution is -2.39. The summed E-state index contributed by atoms with van der Waals surface area (Å²) in [5, 5.41) is 3.45. The van der Waals surface area contributed by atoms with E-state index >= 15 is 0 Å². The average Bonchev–Trinajstić information content (AvgIpc) is 2.26. The molecule has 0 aromatic heterocycles. The van der Waals surface area contributed by atoms with Crippen molar-refractivity contribution in [1.82, 2.24) is 5.32 Å². The van der Waals surface area contributed by atoms with E-state index in [1.54, 1.807) is 0 Å². The highest BCUT2D eigenvalue weighted by atomic mass is 16.1. The van der Waals surface area contributed by atoms with Gasteiger partial charge in [-0.25, -0.2) is 0 Å². The molecule has 3 heteroatoms. The molecule has 0 spiro atoms. The second-order valence-electron chi connectivity index (χ2n) is 4.84. The molecule has 15 heavy (non-hydrogen) atoms. The van der Waals surface area contributed by atoms with E-state index in [0.29, 0.717) is 6.04 Å². The number of carbonyl (C=O) groups is 1. The fourth-order valence-electron chi connectivity index (χ4n) is 2.22. The van der Waals surface area contributed by atoms with Crippen LogP contribution in [-0.4, -0.2) is 18.5 Å². The summed E-state index contributed by atoms with van der Waals surface area (Å²) >= 11 is 0. The number of hydrogen-bond donors (Lipinski definition) is 2. The molecule has 3 nitrogen and oxygen atoms in total. The zero-order valence-corrected chi connectivity index (χ0v) is 9.96. The second-order valence-corrected chi connectivity index (χ2v) is 4.84. The summed E-state index contributed by atoms with van der Waals surface area (Å²) in [6.45, 7) is 4.89. The van der Waals surface area contributed by atoms with Gasteiger partial charge in [0.2, 0.25) is 5.91 Å². The molecular formula is C12H24N2O. The first-order valence-electron chi connectivity index (χ1n) is 6.16. The first-order chi connectivity index (χ1) is 7.13. The number of nitrogens with one attached hydrogen (secondary N) is 1. The Morgan fingerprint density at radius 1 is 1.40 bits per heavy atom. The van der Waals surface area contributed by atoms with E-state index in [-0.39, 0.29) is 11.8 Å². The first-order valence-corrected chi connectivity index (χ1v) is 6.16. The molecule has 0 heterocycles. The molecule has 0 radical (unpaired) electrons. The van der Waals surface area contributed by atoms with Crippen LogP contribution >= 0.6 is 0 Å². The lowest BCUT2D eigenvalue weighted by molar-refractivity contribution is -0.121. The summed E-state index contributed by atoms with van der Waals surface area (Å²) in [5.41, 5.74) is 5.22. The van der Waals surface area contributed by atoms with Gasteiger partial charge in [-0.05, 0) is 31.6 Å². The highest BCUT2D eigenvalue weighted by Gasteiger charge is 2.20. The first kappa shape index (κ1) is 12.5. The van der Waals surface area contributed by atoms with E-state index in [0.717, 1.165) is 12.5 Å². The van der Waals surface area contributed by atoms with Crippen LogP contribution in [0, 0.1) is 11.8 Å². The Labute approximate surface area is 92.8 Å². The van der Waals surface area contributed by atoms with Crippen LogP contribution in [0.25, 0.3) is 0 Å². The van der Waals surface area contributed by atoms with Crippen molar-refractivity contribution in [2.24, 2.45) is 17.6 Å². The van der Waals surface area contributed by atoms with Gasteiger partial charge in [0.1, 0.15) is 0 Å². The lowest BCUT2D eigenvalue weighted by Gasteiger charge is -2.29. The third-order valence-corrected chi connectivity index (χ3v) is 3.62. The van der Waals surface area contributed by atoms with Gasteiger partial charge in [0.25, 0.3) is 0 Å². The molecule has 0 aliphatic heterocycles. The molecule has 1 rings (SSSR count). The maximum Gasteiger partial charge on any atom is 0.221 e. The van der Waals surface area contributed by atoms with Crippen molar-refractivity contribution in [3.8, 4) is 0 Å². The summed E-state index contributed by atoms with van der Waals surface area (Å²) in [5.74, 6) is 0.676. The van der Waals surface area contributed by atoms with Crippen molar-refractivity contribution in [3.05, 3.63) is 0 Å². The van der Waals surface area contributed by atoms with Gasteiger partial charge in [0, 0.05) is 18.5 Å². The molecule has 0 aromatic carbocycles. The van der Waals surface area contributed by atoms with Crippen molar-refractivity contribution in [1.29, 1.82) is 0 Å². The Kier molecular flexibility index (Phi) is 5.09. The number of primary amides is 1. The molecule has 1 saturated carbocycles.